The van der Waals surface area contributed by atoms with Gasteiger partial charge in [-0.15, -0.1) is 0 Å². The van der Waals surface area contributed by atoms with Crippen LogP contribution in [0.25, 0.3) is 0 Å². The van der Waals surface area contributed by atoms with E-state index in [0.29, 0.717) is 5.02 Å². The molecular weight excluding hydrogens is 259 g/mol. The number of nitrogens with zero attached hydrogens (tertiary/aromatic N) is 3. The third-order valence-corrected chi connectivity index (χ3v) is 2.21. The van der Waals surface area contributed by atoms with Crippen LogP contribution in [-0.4, -0.2) is 16.2 Å². The largest absolute Gasteiger partial charge is 0.381 e. The van der Waals surface area contributed by atoms with Gasteiger partial charge in [0.05, 0.1) is 12.4 Å². The lowest BCUT2D eigenvalue weighted by atomic mass is 10.2. The van der Waals surface area contributed by atoms with Crippen molar-refractivity contribution >= 4 is 23.6 Å². The molecule has 18 heavy (non-hydrogen) atoms. The van der Waals surface area contributed by atoms with Crippen molar-refractivity contribution in [1.29, 1.82) is 0 Å². The van der Waals surface area contributed by atoms with Crippen LogP contribution in [0.4, 0.5) is 10.2 Å². The fourth-order valence-electron chi connectivity index (χ4n) is 1.09. The zero-order valence-corrected chi connectivity index (χ0v) is 9.80. The molecule has 1 aromatic carbocycles. The van der Waals surface area contributed by atoms with Crippen LogP contribution in [0.2, 0.25) is 5.02 Å². The summed E-state index contributed by atoms with van der Waals surface area (Å²) in [5.41, 5.74) is 6.03. The summed E-state index contributed by atoms with van der Waals surface area (Å²) >= 11 is 5.73. The number of nitrogens with two attached hydrogens (primary N) is 1. The second-order valence-electron chi connectivity index (χ2n) is 3.26. The van der Waals surface area contributed by atoms with E-state index >= 15 is 0 Å². The zero-order valence-electron chi connectivity index (χ0n) is 9.05. The molecule has 0 atom stereocenters. The lowest BCUT2D eigenvalue weighted by Crippen LogP contribution is -1.99. The van der Waals surface area contributed by atoms with Crippen molar-refractivity contribution in [2.45, 2.75) is 0 Å². The van der Waals surface area contributed by atoms with Crippen molar-refractivity contribution < 1.29 is 9.23 Å². The van der Waals surface area contributed by atoms with E-state index in [9.17, 15) is 4.39 Å². The molecule has 0 saturated carbocycles. The minimum Gasteiger partial charge on any atom is -0.381 e. The van der Waals surface area contributed by atoms with Crippen LogP contribution in [0.5, 0.6) is 6.01 Å². The summed E-state index contributed by atoms with van der Waals surface area (Å²) in [5.74, 6) is -0.995. The van der Waals surface area contributed by atoms with E-state index in [1.807, 2.05) is 0 Å². The van der Waals surface area contributed by atoms with Crippen LogP contribution in [0.1, 0.15) is 5.56 Å². The second-order valence-corrected chi connectivity index (χ2v) is 3.70. The first-order valence-electron chi connectivity index (χ1n) is 4.89. The highest BCUT2D eigenvalue weighted by Crippen LogP contribution is 2.10. The van der Waals surface area contributed by atoms with Gasteiger partial charge in [0.25, 0.3) is 0 Å². The molecule has 0 radical (unpaired) electrons. The van der Waals surface area contributed by atoms with Gasteiger partial charge in [0.2, 0.25) is 0 Å². The van der Waals surface area contributed by atoms with Gasteiger partial charge in [-0.1, -0.05) is 28.9 Å². The van der Waals surface area contributed by atoms with Gasteiger partial charge in [0, 0.05) is 5.02 Å². The van der Waals surface area contributed by atoms with Crippen molar-refractivity contribution in [2.24, 2.45) is 5.16 Å². The van der Waals surface area contributed by atoms with E-state index in [4.69, 9.17) is 22.2 Å². The number of halogens is 2. The molecule has 2 N–H and O–H groups in total. The molecule has 0 aliphatic carbocycles. The Bertz CT molecular complexity index is 574. The van der Waals surface area contributed by atoms with Crippen LogP contribution >= 0.6 is 11.6 Å². The molecule has 0 unspecified atom stereocenters. The van der Waals surface area contributed by atoms with Crippen molar-refractivity contribution in [1.82, 2.24) is 9.97 Å². The molecule has 2 rings (SSSR count). The van der Waals surface area contributed by atoms with Gasteiger partial charge in [0.1, 0.15) is 0 Å². The van der Waals surface area contributed by atoms with Crippen LogP contribution in [0.3, 0.4) is 0 Å². The van der Waals surface area contributed by atoms with Gasteiger partial charge < -0.3 is 10.6 Å². The predicted molar refractivity (Wildman–Crippen MR) is 66.1 cm³/mol. The van der Waals surface area contributed by atoms with Gasteiger partial charge in [-0.05, 0) is 17.7 Å². The number of aromatic nitrogens is 2. The molecule has 0 aliphatic rings. The summed E-state index contributed by atoms with van der Waals surface area (Å²) in [6.07, 6.45) is 2.36. The average molecular weight is 267 g/mol. The first-order valence-corrected chi connectivity index (χ1v) is 5.27. The van der Waals surface area contributed by atoms with E-state index in [0.717, 1.165) is 11.8 Å². The topological polar surface area (TPSA) is 73.4 Å². The normalized spacial score (nSPS) is 10.8. The predicted octanol–water partition coefficient (Wildman–Crippen LogP) is 2.26. The number of nitrogen functional groups attached to an aromatic ring is 1. The Balaban J connectivity index is 2.02. The number of hydrogen-bond donors (Lipinski definition) is 1. The molecule has 2 aromatic rings. The van der Waals surface area contributed by atoms with Gasteiger partial charge in [-0.25, -0.2) is 4.39 Å². The van der Waals surface area contributed by atoms with Crippen molar-refractivity contribution in [3.05, 3.63) is 46.9 Å². The maximum absolute atomic E-state index is 12.8. The molecule has 0 spiro atoms. The van der Waals surface area contributed by atoms with Crippen LogP contribution in [-0.2, 0) is 0 Å². The van der Waals surface area contributed by atoms with Gasteiger partial charge in [0.15, 0.2) is 11.6 Å². The van der Waals surface area contributed by atoms with Crippen LogP contribution in [0, 0.1) is 5.82 Å². The summed E-state index contributed by atoms with van der Waals surface area (Å²) in [5, 5.41) is 4.27. The lowest BCUT2D eigenvalue weighted by molar-refractivity contribution is 0.314. The Morgan fingerprint density at radius 1 is 1.33 bits per heavy atom. The molecule has 1 heterocycles. The fourth-order valence-corrected chi connectivity index (χ4v) is 1.22. The number of anilines is 1. The Morgan fingerprint density at radius 2 is 2.06 bits per heavy atom. The Hall–Kier alpha value is -2.21. The standard InChI is InChI=1S/C11H8ClFN4O/c12-8-3-1-7(2-4-8)5-16-18-11-15-6-9(13)10(14)17-11/h1-6H,(H2,14,15,17)/b16-5+. The van der Waals surface area contributed by atoms with E-state index in [1.165, 1.54) is 6.21 Å². The molecule has 1 aromatic heterocycles. The van der Waals surface area contributed by atoms with Gasteiger partial charge in [-0.3, -0.25) is 0 Å². The Kier molecular flexibility index (Phi) is 3.69. The quantitative estimate of drug-likeness (QED) is 0.683. The van der Waals surface area contributed by atoms with E-state index < -0.39 is 5.82 Å². The van der Waals surface area contributed by atoms with Crippen molar-refractivity contribution in [2.75, 3.05) is 5.73 Å². The first-order chi connectivity index (χ1) is 8.65. The molecule has 0 amide bonds. The highest BCUT2D eigenvalue weighted by molar-refractivity contribution is 6.30. The fraction of sp³-hybridized carbons (Fsp3) is 0. The highest BCUT2D eigenvalue weighted by Gasteiger charge is 2.03. The summed E-state index contributed by atoms with van der Waals surface area (Å²) in [6, 6.07) is 6.83. The number of rotatable bonds is 3. The molecule has 0 fully saturated rings. The maximum atomic E-state index is 12.8. The molecule has 0 saturated heterocycles. The maximum Gasteiger partial charge on any atom is 0.347 e. The molecule has 7 heteroatoms. The smallest absolute Gasteiger partial charge is 0.347 e. The number of benzene rings is 1. The molecular formula is C11H8ClFN4O. The third kappa shape index (κ3) is 3.14. The summed E-state index contributed by atoms with van der Waals surface area (Å²) in [6.45, 7) is 0. The van der Waals surface area contributed by atoms with E-state index in [-0.39, 0.29) is 11.8 Å². The number of oxime groups is 1. The minimum absolute atomic E-state index is 0.126. The van der Waals surface area contributed by atoms with Gasteiger partial charge in [-0.2, -0.15) is 9.97 Å². The third-order valence-electron chi connectivity index (χ3n) is 1.96. The Labute approximate surface area is 107 Å². The van der Waals surface area contributed by atoms with Crippen LogP contribution < -0.4 is 10.6 Å². The minimum atomic E-state index is -0.705. The Morgan fingerprint density at radius 3 is 2.72 bits per heavy atom. The number of hydrogen-bond acceptors (Lipinski definition) is 5. The van der Waals surface area contributed by atoms with Crippen molar-refractivity contribution in [3.8, 4) is 6.01 Å². The highest BCUT2D eigenvalue weighted by atomic mass is 35.5. The monoisotopic (exact) mass is 266 g/mol. The molecule has 92 valence electrons. The van der Waals surface area contributed by atoms with Crippen molar-refractivity contribution in [3.63, 3.8) is 0 Å². The zero-order chi connectivity index (χ0) is 13.0. The SMILES string of the molecule is Nc1nc(O/N=C/c2ccc(Cl)cc2)ncc1F. The first kappa shape index (κ1) is 12.3. The molecule has 5 nitrogen and oxygen atoms in total. The average Bonchev–Trinajstić information content (AvgIpc) is 2.36. The van der Waals surface area contributed by atoms with E-state index in [2.05, 4.69) is 15.1 Å². The summed E-state index contributed by atoms with van der Waals surface area (Å²) in [7, 11) is 0. The molecule has 0 bridgehead atoms. The summed E-state index contributed by atoms with van der Waals surface area (Å²) < 4.78 is 12.8. The van der Waals surface area contributed by atoms with Gasteiger partial charge >= 0.3 is 6.01 Å². The summed E-state index contributed by atoms with van der Waals surface area (Å²) in [4.78, 5) is 12.0. The molecule has 0 aliphatic heterocycles. The van der Waals surface area contributed by atoms with E-state index in [1.54, 1.807) is 24.3 Å². The van der Waals surface area contributed by atoms with Crippen LogP contribution in [0.15, 0.2) is 35.6 Å². The second kappa shape index (κ2) is 5.42. The lowest BCUT2D eigenvalue weighted by Gasteiger charge is -1.98.